The second-order valence-electron chi connectivity index (χ2n) is 16.7. The first-order chi connectivity index (χ1) is 26.7. The van der Waals surface area contributed by atoms with Gasteiger partial charge in [0.05, 0.1) is 17.0 Å². The maximum Gasteiger partial charge on any atom is 0.410 e. The van der Waals surface area contributed by atoms with Crippen molar-refractivity contribution >= 4 is 39.5 Å². The molecule has 2 aromatic heterocycles. The Bertz CT molecular complexity index is 2230. The molecule has 0 unspecified atom stereocenters. The highest BCUT2D eigenvalue weighted by molar-refractivity contribution is 6.00. The third-order valence-electron chi connectivity index (χ3n) is 11.9. The number of aryl methyl sites for hydroxylation is 1. The van der Waals surface area contributed by atoms with Crippen LogP contribution in [0.4, 0.5) is 23.8 Å². The van der Waals surface area contributed by atoms with Crippen LogP contribution in [0.25, 0.3) is 32.9 Å². The Labute approximate surface area is 324 Å². The molecular formula is C42H48F3N7O4. The number of alkyl halides is 1. The second-order valence-corrected chi connectivity index (χ2v) is 16.7. The number of ether oxygens (including phenoxy) is 2. The Hall–Kier alpha value is -4.98. The molecule has 0 spiro atoms. The zero-order chi connectivity index (χ0) is 39.5. The van der Waals surface area contributed by atoms with E-state index in [1.807, 2.05) is 32.7 Å². The molecule has 4 atom stereocenters. The highest BCUT2D eigenvalue weighted by Crippen LogP contribution is 2.41. The lowest BCUT2D eigenvalue weighted by atomic mass is 9.95. The second kappa shape index (κ2) is 14.5. The summed E-state index contributed by atoms with van der Waals surface area (Å²) in [5.74, 6) is -0.795. The standard InChI is InChI=1S/C42H48F3N7O4/c1-25-29-8-6-9-31(30(29)11-12-33(25)44)36-35(45)37-32(21-46-36)38(48-39(47-37)55-24-42-16-7-17-51(42)22-26(43)20-42)49(5)28-14-18-50(23-28)34(53)13-10-27-15-19-52(27)40(54)56-41(2,3)4/h6,8-13,21,26-28H,7,14-20,22-24H2,1-5H3/b13-10+/t26-,27+,28-,42+/m1/s1. The van der Waals surface area contributed by atoms with Crippen LogP contribution in [0.5, 0.6) is 6.01 Å². The first-order valence-electron chi connectivity index (χ1n) is 19.5. The lowest BCUT2D eigenvalue weighted by molar-refractivity contribution is -0.125. The molecule has 11 nitrogen and oxygen atoms in total. The van der Waals surface area contributed by atoms with Gasteiger partial charge in [0.15, 0.2) is 5.82 Å². The first-order valence-corrected chi connectivity index (χ1v) is 19.5. The molecule has 4 aliphatic heterocycles. The summed E-state index contributed by atoms with van der Waals surface area (Å²) in [5.41, 5.74) is -0.0490. The largest absolute Gasteiger partial charge is 0.461 e. The Morgan fingerprint density at radius 3 is 2.62 bits per heavy atom. The number of carbonyl (C=O) groups excluding carboxylic acids is 2. The molecule has 0 aliphatic carbocycles. The number of anilines is 1. The average Bonchev–Trinajstić information content (AvgIpc) is 3.86. The molecule has 14 heteroatoms. The number of rotatable bonds is 8. The van der Waals surface area contributed by atoms with Crippen LogP contribution >= 0.6 is 0 Å². The number of amides is 2. The summed E-state index contributed by atoms with van der Waals surface area (Å²) in [6, 6.07) is 7.89. The third kappa shape index (κ3) is 7.01. The van der Waals surface area contributed by atoms with Crippen LogP contribution in [0, 0.1) is 18.6 Å². The van der Waals surface area contributed by atoms with Crippen LogP contribution in [0.1, 0.15) is 58.4 Å². The van der Waals surface area contributed by atoms with Gasteiger partial charge in [0.25, 0.3) is 0 Å². The number of fused-ring (bicyclic) bond motifs is 3. The molecule has 56 heavy (non-hydrogen) atoms. The fourth-order valence-corrected chi connectivity index (χ4v) is 8.76. The zero-order valence-corrected chi connectivity index (χ0v) is 32.5. The molecule has 0 saturated carbocycles. The van der Waals surface area contributed by atoms with Gasteiger partial charge in [-0.2, -0.15) is 9.97 Å². The highest BCUT2D eigenvalue weighted by atomic mass is 19.1. The van der Waals surface area contributed by atoms with E-state index < -0.39 is 29.2 Å². The smallest absolute Gasteiger partial charge is 0.410 e. The van der Waals surface area contributed by atoms with E-state index in [9.17, 15) is 18.4 Å². The minimum atomic E-state index is -0.942. The molecule has 0 N–H and O–H groups in total. The van der Waals surface area contributed by atoms with Gasteiger partial charge in [-0.25, -0.2) is 18.0 Å². The van der Waals surface area contributed by atoms with E-state index >= 15 is 4.39 Å². The van der Waals surface area contributed by atoms with Crippen molar-refractivity contribution in [3.05, 3.63) is 65.9 Å². The number of hydrogen-bond donors (Lipinski definition) is 0. The lowest BCUT2D eigenvalue weighted by Gasteiger charge is -2.39. The van der Waals surface area contributed by atoms with Crippen molar-refractivity contribution in [2.45, 2.75) is 89.2 Å². The number of benzene rings is 2. The molecular weight excluding hydrogens is 724 g/mol. The summed E-state index contributed by atoms with van der Waals surface area (Å²) in [6.45, 7) is 9.92. The molecule has 4 saturated heterocycles. The van der Waals surface area contributed by atoms with E-state index in [0.717, 1.165) is 25.8 Å². The number of carbonyl (C=O) groups is 2. The van der Waals surface area contributed by atoms with Crippen molar-refractivity contribution in [1.29, 1.82) is 0 Å². The maximum absolute atomic E-state index is 16.9. The molecule has 8 rings (SSSR count). The number of nitrogens with zero attached hydrogens (tertiary/aromatic N) is 7. The molecule has 2 aromatic carbocycles. The normalized spacial score (nSPS) is 24.0. The quantitative estimate of drug-likeness (QED) is 0.176. The fraction of sp³-hybridized carbons (Fsp3) is 0.500. The molecule has 0 bridgehead atoms. The molecule has 296 valence electrons. The van der Waals surface area contributed by atoms with Crippen molar-refractivity contribution in [3.63, 3.8) is 0 Å². The predicted octanol–water partition coefficient (Wildman–Crippen LogP) is 6.99. The fourth-order valence-electron chi connectivity index (χ4n) is 8.76. The van der Waals surface area contributed by atoms with E-state index in [2.05, 4.69) is 14.9 Å². The Balaban J connectivity index is 1.08. The van der Waals surface area contributed by atoms with Crippen LogP contribution in [0.2, 0.25) is 0 Å². The van der Waals surface area contributed by atoms with Crippen LogP contribution in [-0.2, 0) is 9.53 Å². The molecule has 2 amide bonds. The summed E-state index contributed by atoms with van der Waals surface area (Å²) in [7, 11) is 1.85. The van der Waals surface area contributed by atoms with Crippen molar-refractivity contribution in [2.75, 3.05) is 51.3 Å². The van der Waals surface area contributed by atoms with E-state index in [1.165, 1.54) is 12.1 Å². The number of aromatic nitrogens is 3. The molecule has 0 radical (unpaired) electrons. The topological polar surface area (TPSA) is 104 Å². The van der Waals surface area contributed by atoms with Crippen molar-refractivity contribution in [1.82, 2.24) is 29.7 Å². The first kappa shape index (κ1) is 37.9. The summed E-state index contributed by atoms with van der Waals surface area (Å²) in [5, 5.41) is 1.68. The lowest BCUT2D eigenvalue weighted by Crippen LogP contribution is -2.51. The van der Waals surface area contributed by atoms with Gasteiger partial charge in [0.1, 0.15) is 41.2 Å². The van der Waals surface area contributed by atoms with E-state index in [-0.39, 0.29) is 47.6 Å². The monoisotopic (exact) mass is 771 g/mol. The number of likely N-dealkylation sites (tertiary alicyclic amines) is 2. The number of halogens is 3. The Kier molecular flexibility index (Phi) is 9.82. The van der Waals surface area contributed by atoms with E-state index in [1.54, 1.807) is 53.3 Å². The molecule has 6 heterocycles. The van der Waals surface area contributed by atoms with Crippen LogP contribution < -0.4 is 9.64 Å². The van der Waals surface area contributed by atoms with Crippen molar-refractivity contribution in [2.24, 2.45) is 0 Å². The van der Waals surface area contributed by atoms with Crippen molar-refractivity contribution in [3.8, 4) is 17.3 Å². The zero-order valence-electron chi connectivity index (χ0n) is 32.5. The highest BCUT2D eigenvalue weighted by Gasteiger charge is 2.49. The van der Waals surface area contributed by atoms with Gasteiger partial charge < -0.3 is 24.2 Å². The van der Waals surface area contributed by atoms with E-state index in [4.69, 9.17) is 14.5 Å². The Morgan fingerprint density at radius 1 is 1.04 bits per heavy atom. The minimum absolute atomic E-state index is 0.0113. The van der Waals surface area contributed by atoms with E-state index in [0.29, 0.717) is 72.1 Å². The molecule has 4 fully saturated rings. The number of likely N-dealkylation sites (N-methyl/N-ethyl adjacent to an activating group) is 1. The van der Waals surface area contributed by atoms with Gasteiger partial charge in [-0.1, -0.05) is 30.3 Å². The van der Waals surface area contributed by atoms with Gasteiger partial charge in [-0.3, -0.25) is 14.7 Å². The molecule has 4 aromatic rings. The predicted molar refractivity (Wildman–Crippen MR) is 207 cm³/mol. The molecule has 4 aliphatic rings. The van der Waals surface area contributed by atoms with Gasteiger partial charge in [0, 0.05) is 63.5 Å². The van der Waals surface area contributed by atoms with Crippen LogP contribution in [0.3, 0.4) is 0 Å². The maximum atomic E-state index is 16.9. The summed E-state index contributed by atoms with van der Waals surface area (Å²) in [4.78, 5) is 47.4. The van der Waals surface area contributed by atoms with Gasteiger partial charge in [-0.05, 0) is 82.3 Å². The van der Waals surface area contributed by atoms with Crippen molar-refractivity contribution < 1.29 is 32.2 Å². The SMILES string of the molecule is Cc1c(F)ccc2c(-c3ncc4c(N(C)[C@@H]5CCN(C(=O)/C=C/[C@H]6CCN6C(=O)OC(C)(C)C)C5)nc(OC[C@@]56CCCN5C[C@H](F)C6)nc4c3F)cccc12. The average molecular weight is 772 g/mol. The Morgan fingerprint density at radius 2 is 1.86 bits per heavy atom. The van der Waals surface area contributed by atoms with Crippen LogP contribution in [0.15, 0.2) is 48.7 Å². The van der Waals surface area contributed by atoms with Crippen LogP contribution in [-0.4, -0.2) is 117 Å². The number of hydrogen-bond acceptors (Lipinski definition) is 9. The van der Waals surface area contributed by atoms with Gasteiger partial charge >= 0.3 is 12.1 Å². The number of pyridine rings is 1. The third-order valence-corrected chi connectivity index (χ3v) is 11.9. The minimum Gasteiger partial charge on any atom is -0.461 e. The summed E-state index contributed by atoms with van der Waals surface area (Å²) >= 11 is 0. The summed E-state index contributed by atoms with van der Waals surface area (Å²) < 4.78 is 57.8. The van der Waals surface area contributed by atoms with Gasteiger partial charge in [0.2, 0.25) is 5.91 Å². The summed E-state index contributed by atoms with van der Waals surface area (Å²) in [6.07, 6.45) is 6.96. The van der Waals surface area contributed by atoms with Gasteiger partial charge in [-0.15, -0.1) is 0 Å².